The molecule has 6 heteroatoms. The first kappa shape index (κ1) is 12.8. The number of nitrogens with two attached hydrogens (primary N) is 1. The smallest absolute Gasteiger partial charge is 0.242 e. The Bertz CT molecular complexity index is 436. The summed E-state index contributed by atoms with van der Waals surface area (Å²) in [5, 5.41) is 9.75. The summed E-state index contributed by atoms with van der Waals surface area (Å²) < 4.78 is 5.26. The molecule has 0 aromatic carbocycles. The van der Waals surface area contributed by atoms with E-state index in [1.807, 2.05) is 0 Å². The molecular formula is C12H17N3O3. The van der Waals surface area contributed by atoms with E-state index in [0.29, 0.717) is 24.5 Å². The minimum absolute atomic E-state index is 0.255. The number of carbonyl (C=O) groups is 1. The van der Waals surface area contributed by atoms with Crippen LogP contribution in [0, 0.1) is 0 Å². The maximum atomic E-state index is 11.4. The van der Waals surface area contributed by atoms with Crippen LogP contribution in [-0.2, 0) is 9.53 Å². The Morgan fingerprint density at radius 2 is 2.50 bits per heavy atom. The SMILES string of the molecule is CC(O)c1cccnc1N1CCOCC1C(N)=O. The number of amides is 1. The Morgan fingerprint density at radius 3 is 3.17 bits per heavy atom. The number of aliphatic hydroxyl groups is 1. The van der Waals surface area contributed by atoms with E-state index in [9.17, 15) is 9.90 Å². The molecule has 1 amide bonds. The first-order chi connectivity index (χ1) is 8.61. The van der Waals surface area contributed by atoms with Crippen molar-refractivity contribution in [2.45, 2.75) is 19.1 Å². The Kier molecular flexibility index (Phi) is 3.78. The number of hydrogen-bond donors (Lipinski definition) is 2. The van der Waals surface area contributed by atoms with Crippen LogP contribution in [-0.4, -0.2) is 41.8 Å². The summed E-state index contributed by atoms with van der Waals surface area (Å²) in [6.07, 6.45) is 0.986. The third-order valence-electron chi connectivity index (χ3n) is 3.00. The van der Waals surface area contributed by atoms with Crippen LogP contribution in [0.1, 0.15) is 18.6 Å². The molecule has 3 N–H and O–H groups in total. The number of nitrogens with zero attached hydrogens (tertiary/aromatic N) is 2. The summed E-state index contributed by atoms with van der Waals surface area (Å²) in [6.45, 7) is 2.97. The molecule has 1 fully saturated rings. The van der Waals surface area contributed by atoms with Crippen molar-refractivity contribution < 1.29 is 14.6 Å². The quantitative estimate of drug-likeness (QED) is 0.778. The normalized spacial score (nSPS) is 21.7. The molecule has 18 heavy (non-hydrogen) atoms. The van der Waals surface area contributed by atoms with Gasteiger partial charge in [-0.05, 0) is 13.0 Å². The van der Waals surface area contributed by atoms with Gasteiger partial charge in [0.25, 0.3) is 0 Å². The molecule has 2 unspecified atom stereocenters. The van der Waals surface area contributed by atoms with E-state index in [2.05, 4.69) is 4.98 Å². The zero-order valence-corrected chi connectivity index (χ0v) is 10.2. The molecule has 0 radical (unpaired) electrons. The predicted octanol–water partition coefficient (Wildman–Crippen LogP) is -0.175. The van der Waals surface area contributed by atoms with Crippen molar-refractivity contribution in [1.82, 2.24) is 4.98 Å². The van der Waals surface area contributed by atoms with Gasteiger partial charge in [-0.15, -0.1) is 0 Å². The van der Waals surface area contributed by atoms with E-state index < -0.39 is 18.1 Å². The van der Waals surface area contributed by atoms with Crippen molar-refractivity contribution in [1.29, 1.82) is 0 Å². The van der Waals surface area contributed by atoms with Crippen LogP contribution in [0.3, 0.4) is 0 Å². The van der Waals surface area contributed by atoms with Gasteiger partial charge in [-0.25, -0.2) is 4.98 Å². The summed E-state index contributed by atoms with van der Waals surface area (Å²) in [6, 6.07) is 3.01. The second-order valence-electron chi connectivity index (χ2n) is 4.28. The monoisotopic (exact) mass is 251 g/mol. The van der Waals surface area contributed by atoms with Crippen molar-refractivity contribution >= 4 is 11.7 Å². The molecule has 0 spiro atoms. The van der Waals surface area contributed by atoms with Crippen LogP contribution >= 0.6 is 0 Å². The number of primary amides is 1. The van der Waals surface area contributed by atoms with Crippen LogP contribution < -0.4 is 10.6 Å². The largest absolute Gasteiger partial charge is 0.389 e. The van der Waals surface area contributed by atoms with Crippen molar-refractivity contribution in [3.63, 3.8) is 0 Å². The highest BCUT2D eigenvalue weighted by Crippen LogP contribution is 2.26. The molecule has 0 aliphatic carbocycles. The van der Waals surface area contributed by atoms with E-state index in [1.165, 1.54) is 0 Å². The van der Waals surface area contributed by atoms with Gasteiger partial charge in [-0.1, -0.05) is 6.07 Å². The van der Waals surface area contributed by atoms with Crippen LogP contribution in [0.2, 0.25) is 0 Å². The zero-order chi connectivity index (χ0) is 13.1. The second kappa shape index (κ2) is 5.32. The van der Waals surface area contributed by atoms with Crippen molar-refractivity contribution in [2.75, 3.05) is 24.7 Å². The van der Waals surface area contributed by atoms with Crippen molar-refractivity contribution in [3.05, 3.63) is 23.9 Å². The molecule has 1 aromatic rings. The van der Waals surface area contributed by atoms with Crippen molar-refractivity contribution in [3.8, 4) is 0 Å². The van der Waals surface area contributed by atoms with Crippen LogP contribution in [0.15, 0.2) is 18.3 Å². The third-order valence-corrected chi connectivity index (χ3v) is 3.00. The lowest BCUT2D eigenvalue weighted by Gasteiger charge is -2.35. The number of aromatic nitrogens is 1. The van der Waals surface area contributed by atoms with Gasteiger partial charge in [0, 0.05) is 18.3 Å². The molecule has 6 nitrogen and oxygen atoms in total. The maximum absolute atomic E-state index is 11.4. The molecule has 98 valence electrons. The fourth-order valence-corrected chi connectivity index (χ4v) is 2.07. The third kappa shape index (κ3) is 2.44. The summed E-state index contributed by atoms with van der Waals surface area (Å²) in [4.78, 5) is 17.5. The number of pyridine rings is 1. The van der Waals surface area contributed by atoms with E-state index in [4.69, 9.17) is 10.5 Å². The fourth-order valence-electron chi connectivity index (χ4n) is 2.07. The molecule has 1 saturated heterocycles. The van der Waals surface area contributed by atoms with Gasteiger partial charge in [0.15, 0.2) is 0 Å². The Hall–Kier alpha value is -1.66. The molecule has 2 atom stereocenters. The standard InChI is InChI=1S/C12H17N3O3/c1-8(16)9-3-2-4-14-12(9)15-5-6-18-7-10(15)11(13)17/h2-4,8,10,16H,5-7H2,1H3,(H2,13,17). The van der Waals surface area contributed by atoms with Crippen LogP contribution in [0.25, 0.3) is 0 Å². The topological polar surface area (TPSA) is 88.7 Å². The number of morpholine rings is 1. The van der Waals surface area contributed by atoms with Crippen LogP contribution in [0.5, 0.6) is 0 Å². The zero-order valence-electron chi connectivity index (χ0n) is 10.2. The number of carbonyl (C=O) groups excluding carboxylic acids is 1. The lowest BCUT2D eigenvalue weighted by Crippen LogP contribution is -2.53. The number of aliphatic hydroxyl groups excluding tert-OH is 1. The molecule has 1 aliphatic heterocycles. The van der Waals surface area contributed by atoms with E-state index >= 15 is 0 Å². The van der Waals surface area contributed by atoms with Gasteiger partial charge >= 0.3 is 0 Å². The predicted molar refractivity (Wildman–Crippen MR) is 66.0 cm³/mol. The first-order valence-corrected chi connectivity index (χ1v) is 5.88. The Labute approximate surface area is 105 Å². The molecule has 1 aliphatic rings. The number of ether oxygens (including phenoxy) is 1. The highest BCUT2D eigenvalue weighted by atomic mass is 16.5. The summed E-state index contributed by atoms with van der Waals surface area (Å²) in [7, 11) is 0. The van der Waals surface area contributed by atoms with Gasteiger partial charge in [-0.3, -0.25) is 4.79 Å². The Morgan fingerprint density at radius 1 is 1.72 bits per heavy atom. The number of hydrogen-bond acceptors (Lipinski definition) is 5. The van der Waals surface area contributed by atoms with Gasteiger partial charge in [0.2, 0.25) is 5.91 Å². The highest BCUT2D eigenvalue weighted by molar-refractivity contribution is 5.84. The number of rotatable bonds is 3. The van der Waals surface area contributed by atoms with Gasteiger partial charge in [0.05, 0.1) is 19.3 Å². The molecule has 0 bridgehead atoms. The average Bonchev–Trinajstić information content (AvgIpc) is 2.38. The Balaban J connectivity index is 2.36. The summed E-state index contributed by atoms with van der Waals surface area (Å²) in [5.74, 6) is 0.150. The number of anilines is 1. The molecule has 0 saturated carbocycles. The highest BCUT2D eigenvalue weighted by Gasteiger charge is 2.30. The van der Waals surface area contributed by atoms with E-state index in [0.717, 1.165) is 0 Å². The minimum atomic E-state index is -0.648. The van der Waals surface area contributed by atoms with Crippen molar-refractivity contribution in [2.24, 2.45) is 5.73 Å². The van der Waals surface area contributed by atoms with Crippen LogP contribution in [0.4, 0.5) is 5.82 Å². The first-order valence-electron chi connectivity index (χ1n) is 5.88. The fraction of sp³-hybridized carbons (Fsp3) is 0.500. The molecule has 1 aromatic heterocycles. The lowest BCUT2D eigenvalue weighted by atomic mass is 10.1. The average molecular weight is 251 g/mol. The van der Waals surface area contributed by atoms with Gasteiger partial charge in [-0.2, -0.15) is 0 Å². The summed E-state index contributed by atoms with van der Waals surface area (Å²) in [5.41, 5.74) is 6.06. The minimum Gasteiger partial charge on any atom is -0.389 e. The molecule has 2 rings (SSSR count). The molecule has 2 heterocycles. The lowest BCUT2D eigenvalue weighted by molar-refractivity contribution is -0.121. The van der Waals surface area contributed by atoms with E-state index in [-0.39, 0.29) is 6.61 Å². The second-order valence-corrected chi connectivity index (χ2v) is 4.28. The summed E-state index contributed by atoms with van der Waals surface area (Å²) >= 11 is 0. The maximum Gasteiger partial charge on any atom is 0.242 e. The van der Waals surface area contributed by atoms with E-state index in [1.54, 1.807) is 30.2 Å². The van der Waals surface area contributed by atoms with Gasteiger partial charge < -0.3 is 20.5 Å². The molecular weight excluding hydrogens is 234 g/mol. The van der Waals surface area contributed by atoms with Gasteiger partial charge in [0.1, 0.15) is 11.9 Å².